The Kier molecular flexibility index (Phi) is 14.8. The normalized spacial score (nSPS) is 12.5. The van der Waals surface area contributed by atoms with Crippen molar-refractivity contribution in [2.24, 2.45) is 0 Å². The highest BCUT2D eigenvalue weighted by Gasteiger charge is 2.12. The van der Waals surface area contributed by atoms with Crippen LogP contribution >= 0.6 is 31.9 Å². The molecule has 1 atom stereocenters. The third-order valence-electron chi connectivity index (χ3n) is 4.92. The standard InChI is InChI=1S/C23H38Br2O/c1-3-5-7-9-10-11-13-17-21(16-12-8-6-4-2)26-22-18-14-15-20(19-22)23(24)25/h14-15,18-19,21,23H,3-13,16-17H2,1-2H3. The van der Waals surface area contributed by atoms with Gasteiger partial charge in [0.15, 0.2) is 0 Å². The predicted octanol–water partition coefficient (Wildman–Crippen LogP) is 9.33. The van der Waals surface area contributed by atoms with E-state index in [1.54, 1.807) is 0 Å². The molecule has 0 aliphatic carbocycles. The molecule has 150 valence electrons. The van der Waals surface area contributed by atoms with Gasteiger partial charge in [-0.25, -0.2) is 0 Å². The van der Waals surface area contributed by atoms with Gasteiger partial charge in [-0.2, -0.15) is 0 Å². The summed E-state index contributed by atoms with van der Waals surface area (Å²) in [4.78, 5) is 0. The van der Waals surface area contributed by atoms with Gasteiger partial charge in [0.2, 0.25) is 0 Å². The summed E-state index contributed by atoms with van der Waals surface area (Å²) >= 11 is 7.16. The Bertz CT molecular complexity index is 448. The van der Waals surface area contributed by atoms with Crippen molar-refractivity contribution in [3.8, 4) is 5.75 Å². The Hall–Kier alpha value is -0.0200. The van der Waals surface area contributed by atoms with Crippen LogP contribution in [-0.2, 0) is 0 Å². The highest BCUT2D eigenvalue weighted by Crippen LogP contribution is 2.31. The van der Waals surface area contributed by atoms with E-state index >= 15 is 0 Å². The molecule has 0 saturated carbocycles. The molecule has 0 N–H and O–H groups in total. The Morgan fingerprint density at radius 1 is 0.769 bits per heavy atom. The molecule has 1 aromatic rings. The highest BCUT2D eigenvalue weighted by molar-refractivity contribution is 9.24. The van der Waals surface area contributed by atoms with E-state index in [9.17, 15) is 0 Å². The van der Waals surface area contributed by atoms with Crippen LogP contribution in [0.5, 0.6) is 5.75 Å². The van der Waals surface area contributed by atoms with E-state index in [0.29, 0.717) is 6.10 Å². The van der Waals surface area contributed by atoms with Gasteiger partial charge >= 0.3 is 0 Å². The van der Waals surface area contributed by atoms with E-state index in [1.807, 2.05) is 0 Å². The zero-order valence-corrected chi connectivity index (χ0v) is 20.0. The quantitative estimate of drug-likeness (QED) is 0.166. The third kappa shape index (κ3) is 11.6. The van der Waals surface area contributed by atoms with E-state index in [-0.39, 0.29) is 3.74 Å². The molecule has 0 saturated heterocycles. The molecule has 1 nitrogen and oxygen atoms in total. The fourth-order valence-corrected chi connectivity index (χ4v) is 3.88. The molecule has 0 spiro atoms. The fourth-order valence-electron chi connectivity index (χ4n) is 3.31. The molecule has 1 unspecified atom stereocenters. The number of benzene rings is 1. The van der Waals surface area contributed by atoms with Crippen LogP contribution in [-0.4, -0.2) is 6.10 Å². The fraction of sp³-hybridized carbons (Fsp3) is 0.739. The van der Waals surface area contributed by atoms with Gasteiger partial charge < -0.3 is 4.74 Å². The van der Waals surface area contributed by atoms with Crippen LogP contribution in [0.4, 0.5) is 0 Å². The maximum absolute atomic E-state index is 6.39. The first-order chi connectivity index (χ1) is 12.7. The molecule has 0 bridgehead atoms. The highest BCUT2D eigenvalue weighted by atomic mass is 79.9. The Balaban J connectivity index is 2.43. The average Bonchev–Trinajstić information content (AvgIpc) is 2.64. The van der Waals surface area contributed by atoms with Crippen molar-refractivity contribution in [2.45, 2.75) is 107 Å². The number of alkyl halides is 2. The first kappa shape index (κ1) is 24.0. The summed E-state index contributed by atoms with van der Waals surface area (Å²) in [7, 11) is 0. The Morgan fingerprint density at radius 3 is 1.88 bits per heavy atom. The molecule has 1 rings (SSSR count). The van der Waals surface area contributed by atoms with Gasteiger partial charge in [0.1, 0.15) is 5.75 Å². The molecule has 0 aromatic heterocycles. The lowest BCUT2D eigenvalue weighted by Gasteiger charge is -2.20. The first-order valence-corrected chi connectivity index (χ1v) is 12.5. The van der Waals surface area contributed by atoms with E-state index in [1.165, 1.54) is 89.0 Å². The molecule has 0 amide bonds. The molecule has 0 fully saturated rings. The first-order valence-electron chi connectivity index (χ1n) is 10.7. The lowest BCUT2D eigenvalue weighted by molar-refractivity contribution is 0.172. The van der Waals surface area contributed by atoms with Gasteiger partial charge in [-0.15, -0.1) is 0 Å². The molecule has 26 heavy (non-hydrogen) atoms. The minimum absolute atomic E-state index is 0.185. The number of hydrogen-bond acceptors (Lipinski definition) is 1. The van der Waals surface area contributed by atoms with Crippen LogP contribution in [0.1, 0.15) is 107 Å². The number of halogens is 2. The molecule has 0 heterocycles. The summed E-state index contributed by atoms with van der Waals surface area (Å²) in [6.45, 7) is 4.55. The second-order valence-corrected chi connectivity index (χ2v) is 10.4. The Morgan fingerprint density at radius 2 is 1.31 bits per heavy atom. The van der Waals surface area contributed by atoms with Crippen LogP contribution in [0, 0.1) is 0 Å². The zero-order valence-electron chi connectivity index (χ0n) is 16.8. The molecule has 0 radical (unpaired) electrons. The lowest BCUT2D eigenvalue weighted by atomic mass is 10.0. The van der Waals surface area contributed by atoms with E-state index in [4.69, 9.17) is 4.74 Å². The minimum Gasteiger partial charge on any atom is -0.490 e. The number of rotatable bonds is 16. The van der Waals surface area contributed by atoms with Crippen LogP contribution in [0.3, 0.4) is 0 Å². The van der Waals surface area contributed by atoms with Gasteiger partial charge in [-0.3, -0.25) is 0 Å². The summed E-state index contributed by atoms with van der Waals surface area (Å²) in [5.41, 5.74) is 1.21. The molecular formula is C23H38Br2O. The largest absolute Gasteiger partial charge is 0.490 e. The summed E-state index contributed by atoms with van der Waals surface area (Å²) in [6, 6.07) is 8.45. The Labute approximate surface area is 178 Å². The van der Waals surface area contributed by atoms with Crippen LogP contribution in [0.2, 0.25) is 0 Å². The lowest BCUT2D eigenvalue weighted by Crippen LogP contribution is -2.16. The van der Waals surface area contributed by atoms with Crippen molar-refractivity contribution in [1.82, 2.24) is 0 Å². The summed E-state index contributed by atoms with van der Waals surface area (Å²) in [5.74, 6) is 1.01. The molecule has 0 aliphatic rings. The minimum atomic E-state index is 0.185. The van der Waals surface area contributed by atoms with Crippen molar-refractivity contribution in [2.75, 3.05) is 0 Å². The van der Waals surface area contributed by atoms with Crippen molar-refractivity contribution < 1.29 is 4.74 Å². The van der Waals surface area contributed by atoms with Crippen molar-refractivity contribution in [1.29, 1.82) is 0 Å². The maximum Gasteiger partial charge on any atom is 0.120 e. The molecular weight excluding hydrogens is 452 g/mol. The topological polar surface area (TPSA) is 9.23 Å². The second-order valence-electron chi connectivity index (χ2n) is 7.37. The monoisotopic (exact) mass is 488 g/mol. The van der Waals surface area contributed by atoms with E-state index in [0.717, 1.165) is 5.75 Å². The van der Waals surface area contributed by atoms with Crippen molar-refractivity contribution in [3.05, 3.63) is 29.8 Å². The SMILES string of the molecule is CCCCCCCCCC(CCCCCC)Oc1cccc(C(Br)Br)c1. The number of hydrogen-bond donors (Lipinski definition) is 0. The number of unbranched alkanes of at least 4 members (excludes halogenated alkanes) is 9. The van der Waals surface area contributed by atoms with Crippen LogP contribution < -0.4 is 4.74 Å². The van der Waals surface area contributed by atoms with Crippen LogP contribution in [0.25, 0.3) is 0 Å². The van der Waals surface area contributed by atoms with Crippen molar-refractivity contribution >= 4 is 31.9 Å². The average molecular weight is 490 g/mol. The van der Waals surface area contributed by atoms with E-state index < -0.39 is 0 Å². The predicted molar refractivity (Wildman–Crippen MR) is 123 cm³/mol. The summed E-state index contributed by atoms with van der Waals surface area (Å²) in [6.07, 6.45) is 17.5. The van der Waals surface area contributed by atoms with E-state index in [2.05, 4.69) is 70.0 Å². The van der Waals surface area contributed by atoms with Gasteiger partial charge in [-0.05, 0) is 43.4 Å². The smallest absolute Gasteiger partial charge is 0.120 e. The van der Waals surface area contributed by atoms with Gasteiger partial charge in [0, 0.05) is 0 Å². The number of ether oxygens (including phenoxy) is 1. The third-order valence-corrected chi connectivity index (χ3v) is 5.98. The molecule has 3 heteroatoms. The second kappa shape index (κ2) is 16.0. The molecule has 0 aliphatic heterocycles. The zero-order chi connectivity index (χ0) is 19.0. The molecule has 1 aromatic carbocycles. The summed E-state index contributed by atoms with van der Waals surface area (Å²) in [5, 5.41) is 0. The van der Waals surface area contributed by atoms with Crippen molar-refractivity contribution in [3.63, 3.8) is 0 Å². The summed E-state index contributed by atoms with van der Waals surface area (Å²) < 4.78 is 6.57. The van der Waals surface area contributed by atoms with Gasteiger partial charge in [0.25, 0.3) is 0 Å². The maximum atomic E-state index is 6.39. The van der Waals surface area contributed by atoms with Gasteiger partial charge in [0.05, 0.1) is 9.84 Å². The van der Waals surface area contributed by atoms with Gasteiger partial charge in [-0.1, -0.05) is 116 Å². The van der Waals surface area contributed by atoms with Crippen LogP contribution in [0.15, 0.2) is 24.3 Å².